The van der Waals surface area contributed by atoms with Gasteiger partial charge in [0.1, 0.15) is 11.5 Å². The number of carbonyl (C=O) groups excluding carboxylic acids is 1. The third-order valence-corrected chi connectivity index (χ3v) is 6.65. The molecular formula is C26H28F3N5O. The predicted octanol–water partition coefficient (Wildman–Crippen LogP) is 4.90. The van der Waals surface area contributed by atoms with Crippen LogP contribution >= 0.6 is 0 Å². The molecule has 0 aliphatic carbocycles. The first-order valence-electron chi connectivity index (χ1n) is 11.5. The van der Waals surface area contributed by atoms with Gasteiger partial charge in [0.15, 0.2) is 5.49 Å². The van der Waals surface area contributed by atoms with Gasteiger partial charge in [-0.2, -0.15) is 13.2 Å². The number of rotatable bonds is 3. The maximum absolute atomic E-state index is 13.4. The maximum Gasteiger partial charge on any atom is 0.416 e. The molecule has 1 aromatic carbocycles. The Labute approximate surface area is 201 Å². The van der Waals surface area contributed by atoms with E-state index in [0.717, 1.165) is 22.6 Å². The van der Waals surface area contributed by atoms with E-state index in [4.69, 9.17) is 4.99 Å². The quantitative estimate of drug-likeness (QED) is 0.532. The Morgan fingerprint density at radius 2 is 1.97 bits per heavy atom. The first-order chi connectivity index (χ1) is 16.5. The number of nitrogens with zero attached hydrogens (tertiary/aromatic N) is 5. The van der Waals surface area contributed by atoms with Crippen molar-refractivity contribution in [3.8, 4) is 0 Å². The zero-order valence-corrected chi connectivity index (χ0v) is 20.4. The summed E-state index contributed by atoms with van der Waals surface area (Å²) in [6.07, 6.45) is 0.124. The van der Waals surface area contributed by atoms with Gasteiger partial charge in [0.2, 0.25) is 5.91 Å². The number of aryl methyl sites for hydroxylation is 2. The first-order valence-corrected chi connectivity index (χ1v) is 11.5. The lowest BCUT2D eigenvalue weighted by Gasteiger charge is -2.25. The molecule has 0 saturated carbocycles. The summed E-state index contributed by atoms with van der Waals surface area (Å²) >= 11 is 0. The Morgan fingerprint density at radius 3 is 2.60 bits per heavy atom. The summed E-state index contributed by atoms with van der Waals surface area (Å²) in [5.74, 6) is 0.738. The molecule has 0 radical (unpaired) electrons. The van der Waals surface area contributed by atoms with Crippen molar-refractivity contribution in [3.05, 3.63) is 70.1 Å². The number of amides is 1. The molecule has 184 valence electrons. The van der Waals surface area contributed by atoms with E-state index in [1.807, 2.05) is 30.7 Å². The minimum Gasteiger partial charge on any atom is -0.339 e. The molecule has 6 nitrogen and oxygen atoms in total. The van der Waals surface area contributed by atoms with Gasteiger partial charge >= 0.3 is 6.18 Å². The fourth-order valence-electron chi connectivity index (χ4n) is 4.49. The molecule has 35 heavy (non-hydrogen) atoms. The molecule has 3 aromatic rings. The van der Waals surface area contributed by atoms with Crippen molar-refractivity contribution in [3.63, 3.8) is 0 Å². The van der Waals surface area contributed by atoms with Crippen molar-refractivity contribution in [1.29, 1.82) is 0 Å². The number of carbonyl (C=O) groups is 1. The second-order valence-electron chi connectivity index (χ2n) is 8.90. The van der Waals surface area contributed by atoms with Crippen LogP contribution in [0.15, 0.2) is 41.5 Å². The van der Waals surface area contributed by atoms with Crippen LogP contribution in [0.1, 0.15) is 54.4 Å². The highest BCUT2D eigenvalue weighted by molar-refractivity contribution is 5.81. The summed E-state index contributed by atoms with van der Waals surface area (Å²) in [6, 6.07) is 5.62. The van der Waals surface area contributed by atoms with Crippen LogP contribution in [0.25, 0.3) is 16.6 Å². The van der Waals surface area contributed by atoms with Gasteiger partial charge < -0.3 is 9.47 Å². The van der Waals surface area contributed by atoms with E-state index < -0.39 is 17.8 Å². The molecule has 0 fully saturated rings. The van der Waals surface area contributed by atoms with Crippen LogP contribution in [0.2, 0.25) is 0 Å². The molecule has 1 amide bonds. The number of pyridine rings is 1. The van der Waals surface area contributed by atoms with Crippen LogP contribution in [0.3, 0.4) is 0 Å². The minimum atomic E-state index is -4.42. The molecule has 4 rings (SSSR count). The fraction of sp³-hybridized carbons (Fsp3) is 0.385. The number of aromatic nitrogens is 3. The Morgan fingerprint density at radius 1 is 1.23 bits per heavy atom. The summed E-state index contributed by atoms with van der Waals surface area (Å²) < 4.78 is 42.2. The molecule has 0 spiro atoms. The number of fused-ring (bicyclic) bond motifs is 1. The topological polar surface area (TPSA) is 63.4 Å². The van der Waals surface area contributed by atoms with E-state index in [-0.39, 0.29) is 11.5 Å². The van der Waals surface area contributed by atoms with E-state index in [1.165, 1.54) is 13.0 Å². The third kappa shape index (κ3) is 4.85. The SMILES string of the molecule is CC(=O)N1CC=C(c2cnc3c(c2)/c(=N/[C@H](C)c2cccc(C(F)(F)F)c2C)nc(C)n3C)CC1. The van der Waals surface area contributed by atoms with Crippen LogP contribution in [0.5, 0.6) is 0 Å². The fourth-order valence-corrected chi connectivity index (χ4v) is 4.49. The van der Waals surface area contributed by atoms with Crippen LogP contribution in [0, 0.1) is 13.8 Å². The number of benzene rings is 1. The second kappa shape index (κ2) is 9.28. The predicted molar refractivity (Wildman–Crippen MR) is 128 cm³/mol. The maximum atomic E-state index is 13.4. The van der Waals surface area contributed by atoms with E-state index in [2.05, 4.69) is 9.97 Å². The lowest BCUT2D eigenvalue weighted by Crippen LogP contribution is -2.32. The van der Waals surface area contributed by atoms with E-state index in [9.17, 15) is 18.0 Å². The van der Waals surface area contributed by atoms with Gasteiger partial charge in [-0.3, -0.25) is 9.79 Å². The lowest BCUT2D eigenvalue weighted by atomic mass is 9.97. The van der Waals surface area contributed by atoms with Gasteiger partial charge in [0.25, 0.3) is 0 Å². The van der Waals surface area contributed by atoms with Gasteiger partial charge in [-0.05, 0) is 61.6 Å². The van der Waals surface area contributed by atoms with E-state index in [1.54, 1.807) is 31.0 Å². The summed E-state index contributed by atoms with van der Waals surface area (Å²) in [5, 5.41) is 0.724. The zero-order chi connectivity index (χ0) is 25.5. The van der Waals surface area contributed by atoms with Gasteiger partial charge in [0.05, 0.1) is 17.0 Å². The van der Waals surface area contributed by atoms with E-state index in [0.29, 0.717) is 42.0 Å². The first kappa shape index (κ1) is 24.6. The Balaban J connectivity index is 1.83. The molecule has 3 heterocycles. The monoisotopic (exact) mass is 483 g/mol. The highest BCUT2D eigenvalue weighted by atomic mass is 19.4. The normalized spacial score (nSPS) is 15.9. The summed E-state index contributed by atoms with van der Waals surface area (Å²) in [4.78, 5) is 27.5. The van der Waals surface area contributed by atoms with Crippen molar-refractivity contribution < 1.29 is 18.0 Å². The highest BCUT2D eigenvalue weighted by Crippen LogP contribution is 2.35. The molecule has 2 aromatic heterocycles. The van der Waals surface area contributed by atoms with Crippen molar-refractivity contribution in [1.82, 2.24) is 19.4 Å². The van der Waals surface area contributed by atoms with Crippen molar-refractivity contribution in [2.75, 3.05) is 13.1 Å². The Kier molecular flexibility index (Phi) is 6.53. The van der Waals surface area contributed by atoms with Gasteiger partial charge in [-0.1, -0.05) is 18.2 Å². The van der Waals surface area contributed by atoms with Gasteiger partial charge in [-0.15, -0.1) is 0 Å². The number of hydrogen-bond donors (Lipinski definition) is 0. The van der Waals surface area contributed by atoms with Crippen LogP contribution in [-0.2, 0) is 18.0 Å². The zero-order valence-electron chi connectivity index (χ0n) is 20.4. The third-order valence-electron chi connectivity index (χ3n) is 6.65. The van der Waals surface area contributed by atoms with Crippen LogP contribution < -0.4 is 5.49 Å². The van der Waals surface area contributed by atoms with Gasteiger partial charge in [0, 0.05) is 33.3 Å². The molecule has 0 unspecified atom stereocenters. The van der Waals surface area contributed by atoms with E-state index >= 15 is 0 Å². The molecule has 1 aliphatic heterocycles. The Bertz CT molecular complexity index is 1400. The summed E-state index contributed by atoms with van der Waals surface area (Å²) in [7, 11) is 1.87. The summed E-state index contributed by atoms with van der Waals surface area (Å²) in [5.41, 5.74) is 3.16. The molecule has 1 aliphatic rings. The second-order valence-corrected chi connectivity index (χ2v) is 8.90. The Hall–Kier alpha value is -3.49. The van der Waals surface area contributed by atoms with Crippen molar-refractivity contribution in [2.45, 2.75) is 46.3 Å². The van der Waals surface area contributed by atoms with Crippen LogP contribution in [-0.4, -0.2) is 38.4 Å². The molecule has 1 atom stereocenters. The largest absolute Gasteiger partial charge is 0.416 e. The van der Waals surface area contributed by atoms with Crippen molar-refractivity contribution >= 4 is 22.5 Å². The molecule has 9 heteroatoms. The smallest absolute Gasteiger partial charge is 0.339 e. The number of halogens is 3. The average molecular weight is 484 g/mol. The summed E-state index contributed by atoms with van der Waals surface area (Å²) in [6.45, 7) is 7.84. The van der Waals surface area contributed by atoms with Gasteiger partial charge in [-0.25, -0.2) is 9.97 Å². The molecule has 0 bridgehead atoms. The highest BCUT2D eigenvalue weighted by Gasteiger charge is 2.33. The standard InChI is InChI=1S/C26H28F3N5O/c1-15-21(7-6-8-23(15)26(27,28)29)16(2)31-24-22-13-20(14-30-25(22)33(5)17(3)32-24)19-9-11-34(12-10-19)18(4)35/h6-9,13-14,16H,10-12H2,1-5H3/b31-24-/t16-/m1/s1. The van der Waals surface area contributed by atoms with Crippen molar-refractivity contribution in [2.24, 2.45) is 12.0 Å². The number of alkyl halides is 3. The minimum absolute atomic E-state index is 0.0450. The molecular weight excluding hydrogens is 455 g/mol. The molecule has 0 saturated heterocycles. The average Bonchev–Trinajstić information content (AvgIpc) is 2.81. The number of hydrogen-bond acceptors (Lipinski definition) is 4. The molecule has 0 N–H and O–H groups in total. The van der Waals surface area contributed by atoms with Crippen LogP contribution in [0.4, 0.5) is 13.2 Å². The lowest BCUT2D eigenvalue weighted by molar-refractivity contribution is -0.138.